The van der Waals surface area contributed by atoms with Crippen molar-refractivity contribution in [3.63, 3.8) is 0 Å². The molecule has 86 valence electrons. The lowest BCUT2D eigenvalue weighted by molar-refractivity contribution is -0.124. The standard InChI is InChI=1S/C9H10N2O5/c12-4-6-5(13)3-8(16-6)11-2-1-7(14)10-9(11)15/h1-2,6,8,12H,3-4H2,(H,10,14,15)/t6-,8-/m1/s1. The Kier molecular flexibility index (Phi) is 2.71. The number of ketones is 1. The van der Waals surface area contributed by atoms with Crippen LogP contribution in [0.3, 0.4) is 0 Å². The summed E-state index contributed by atoms with van der Waals surface area (Å²) in [5, 5.41) is 8.82. The van der Waals surface area contributed by atoms with E-state index in [1.165, 1.54) is 12.3 Å². The molecule has 0 unspecified atom stereocenters. The highest BCUT2D eigenvalue weighted by molar-refractivity contribution is 5.85. The molecule has 7 nitrogen and oxygen atoms in total. The van der Waals surface area contributed by atoms with Crippen LogP contribution >= 0.6 is 0 Å². The number of carbonyl (C=O) groups excluding carboxylic acids is 1. The van der Waals surface area contributed by atoms with Gasteiger partial charge in [-0.3, -0.25) is 19.1 Å². The fourth-order valence-corrected chi connectivity index (χ4v) is 1.58. The lowest BCUT2D eigenvalue weighted by Gasteiger charge is -2.12. The van der Waals surface area contributed by atoms with Gasteiger partial charge < -0.3 is 9.84 Å². The SMILES string of the molecule is O=C1C[C@H](n2ccc(=O)[nH]c2=O)O[C@@H]1CO. The third-order valence-corrected chi connectivity index (χ3v) is 2.38. The van der Waals surface area contributed by atoms with E-state index in [4.69, 9.17) is 9.84 Å². The Morgan fingerprint density at radius 1 is 1.50 bits per heavy atom. The molecule has 1 aromatic heterocycles. The number of aromatic amines is 1. The first-order valence-electron chi connectivity index (χ1n) is 4.72. The minimum atomic E-state index is -0.885. The number of Topliss-reactive ketones (excluding diaryl/α,β-unsaturated/α-hetero) is 1. The zero-order chi connectivity index (χ0) is 11.7. The molecule has 0 aromatic carbocycles. The number of hydrogen-bond acceptors (Lipinski definition) is 5. The van der Waals surface area contributed by atoms with Crippen molar-refractivity contribution >= 4 is 5.78 Å². The monoisotopic (exact) mass is 226 g/mol. The number of ether oxygens (including phenoxy) is 1. The van der Waals surface area contributed by atoms with Gasteiger partial charge in [0.25, 0.3) is 5.56 Å². The molecule has 0 bridgehead atoms. The van der Waals surface area contributed by atoms with E-state index in [9.17, 15) is 14.4 Å². The van der Waals surface area contributed by atoms with Crippen LogP contribution in [0.4, 0.5) is 0 Å². The second-order valence-electron chi connectivity index (χ2n) is 3.45. The summed E-state index contributed by atoms with van der Waals surface area (Å²) in [4.78, 5) is 35.6. The molecule has 0 spiro atoms. The molecule has 0 radical (unpaired) electrons. The quantitative estimate of drug-likeness (QED) is 0.631. The molecule has 0 aliphatic carbocycles. The molecule has 0 amide bonds. The zero-order valence-electron chi connectivity index (χ0n) is 8.25. The zero-order valence-corrected chi connectivity index (χ0v) is 8.25. The van der Waals surface area contributed by atoms with Gasteiger partial charge in [0, 0.05) is 12.3 Å². The molecule has 2 atom stereocenters. The van der Waals surface area contributed by atoms with Crippen molar-refractivity contribution in [2.45, 2.75) is 18.8 Å². The number of nitrogens with one attached hydrogen (secondary N) is 1. The van der Waals surface area contributed by atoms with Crippen molar-refractivity contribution in [1.29, 1.82) is 0 Å². The van der Waals surface area contributed by atoms with Crippen LogP contribution in [0.5, 0.6) is 0 Å². The van der Waals surface area contributed by atoms with E-state index in [0.29, 0.717) is 0 Å². The summed E-state index contributed by atoms with van der Waals surface area (Å²) in [6.45, 7) is -0.409. The number of aliphatic hydroxyl groups is 1. The fourth-order valence-electron chi connectivity index (χ4n) is 1.58. The summed E-state index contributed by atoms with van der Waals surface area (Å²) in [6.07, 6.45) is -0.367. The van der Waals surface area contributed by atoms with Crippen LogP contribution in [-0.4, -0.2) is 33.2 Å². The van der Waals surface area contributed by atoms with Gasteiger partial charge in [0.2, 0.25) is 0 Å². The minimum absolute atomic E-state index is 0.0111. The van der Waals surface area contributed by atoms with Crippen LogP contribution in [0.1, 0.15) is 12.6 Å². The van der Waals surface area contributed by atoms with Crippen molar-refractivity contribution in [1.82, 2.24) is 9.55 Å². The van der Waals surface area contributed by atoms with Gasteiger partial charge in [0.05, 0.1) is 13.0 Å². The predicted octanol–water partition coefficient (Wildman–Crippen LogP) is -1.61. The fraction of sp³-hybridized carbons (Fsp3) is 0.444. The Labute approximate surface area is 89.3 Å². The molecule has 1 aromatic rings. The summed E-state index contributed by atoms with van der Waals surface area (Å²) in [5.41, 5.74) is -1.15. The maximum atomic E-state index is 11.4. The normalized spacial score (nSPS) is 24.9. The van der Waals surface area contributed by atoms with Crippen molar-refractivity contribution < 1.29 is 14.6 Å². The van der Waals surface area contributed by atoms with Crippen LogP contribution < -0.4 is 11.2 Å². The highest BCUT2D eigenvalue weighted by Crippen LogP contribution is 2.23. The van der Waals surface area contributed by atoms with Gasteiger partial charge in [-0.15, -0.1) is 0 Å². The maximum Gasteiger partial charge on any atom is 0.330 e. The Bertz CT molecular complexity index is 517. The topological polar surface area (TPSA) is 101 Å². The van der Waals surface area contributed by atoms with Gasteiger partial charge in [-0.25, -0.2) is 4.79 Å². The van der Waals surface area contributed by atoms with Gasteiger partial charge >= 0.3 is 5.69 Å². The number of aliphatic hydroxyl groups excluding tert-OH is 1. The first-order chi connectivity index (χ1) is 7.61. The number of carbonyl (C=O) groups is 1. The van der Waals surface area contributed by atoms with Crippen LogP contribution in [0.15, 0.2) is 21.9 Å². The molecule has 2 rings (SSSR count). The predicted molar refractivity (Wildman–Crippen MR) is 51.9 cm³/mol. The number of nitrogens with zero attached hydrogens (tertiary/aromatic N) is 1. The summed E-state index contributed by atoms with van der Waals surface area (Å²) >= 11 is 0. The molecule has 16 heavy (non-hydrogen) atoms. The van der Waals surface area contributed by atoms with Crippen molar-refractivity contribution in [3.05, 3.63) is 33.1 Å². The molecule has 7 heteroatoms. The Morgan fingerprint density at radius 3 is 2.81 bits per heavy atom. The molecule has 1 aliphatic heterocycles. The third-order valence-electron chi connectivity index (χ3n) is 2.38. The molecule has 1 fully saturated rings. The second kappa shape index (κ2) is 4.03. The smallest absolute Gasteiger partial charge is 0.330 e. The Hall–Kier alpha value is -1.73. The van der Waals surface area contributed by atoms with E-state index in [1.807, 2.05) is 0 Å². The Morgan fingerprint density at radius 2 is 2.25 bits per heavy atom. The van der Waals surface area contributed by atoms with E-state index < -0.39 is 30.2 Å². The van der Waals surface area contributed by atoms with E-state index in [1.54, 1.807) is 0 Å². The van der Waals surface area contributed by atoms with Gasteiger partial charge in [-0.1, -0.05) is 0 Å². The van der Waals surface area contributed by atoms with Gasteiger partial charge in [-0.05, 0) is 0 Å². The summed E-state index contributed by atoms with van der Waals surface area (Å²) in [6, 6.07) is 1.17. The maximum absolute atomic E-state index is 11.4. The van der Waals surface area contributed by atoms with E-state index in [0.717, 1.165) is 4.57 Å². The van der Waals surface area contributed by atoms with Crippen LogP contribution in [0.25, 0.3) is 0 Å². The number of rotatable bonds is 2. The van der Waals surface area contributed by atoms with Crippen LogP contribution in [-0.2, 0) is 9.53 Å². The largest absolute Gasteiger partial charge is 0.393 e. The average Bonchev–Trinajstić information content (AvgIpc) is 2.59. The molecule has 2 N–H and O–H groups in total. The average molecular weight is 226 g/mol. The van der Waals surface area contributed by atoms with E-state index >= 15 is 0 Å². The third kappa shape index (κ3) is 1.82. The number of hydrogen-bond donors (Lipinski definition) is 2. The highest BCUT2D eigenvalue weighted by atomic mass is 16.5. The van der Waals surface area contributed by atoms with Crippen molar-refractivity contribution in [3.8, 4) is 0 Å². The second-order valence-corrected chi connectivity index (χ2v) is 3.45. The van der Waals surface area contributed by atoms with E-state index in [2.05, 4.69) is 4.98 Å². The molecule has 1 saturated heterocycles. The first kappa shape index (κ1) is 10.8. The Balaban J connectivity index is 2.30. The lowest BCUT2D eigenvalue weighted by atomic mass is 10.2. The number of H-pyrrole nitrogens is 1. The summed E-state index contributed by atoms with van der Waals surface area (Å²) in [7, 11) is 0. The lowest BCUT2D eigenvalue weighted by Crippen LogP contribution is -2.31. The molecule has 2 heterocycles. The van der Waals surface area contributed by atoms with Crippen LogP contribution in [0, 0.1) is 0 Å². The van der Waals surface area contributed by atoms with Gasteiger partial charge in [-0.2, -0.15) is 0 Å². The molecule has 0 saturated carbocycles. The van der Waals surface area contributed by atoms with Gasteiger partial charge in [0.15, 0.2) is 5.78 Å². The summed E-state index contributed by atoms with van der Waals surface area (Å²) in [5.74, 6) is -0.259. The summed E-state index contributed by atoms with van der Waals surface area (Å²) < 4.78 is 6.29. The van der Waals surface area contributed by atoms with Crippen molar-refractivity contribution in [2.24, 2.45) is 0 Å². The molecular formula is C9H10N2O5. The number of aromatic nitrogens is 2. The van der Waals surface area contributed by atoms with Gasteiger partial charge in [0.1, 0.15) is 12.3 Å². The van der Waals surface area contributed by atoms with Crippen LogP contribution in [0.2, 0.25) is 0 Å². The molecular weight excluding hydrogens is 216 g/mol. The first-order valence-corrected chi connectivity index (χ1v) is 4.72. The van der Waals surface area contributed by atoms with E-state index in [-0.39, 0.29) is 12.2 Å². The highest BCUT2D eigenvalue weighted by Gasteiger charge is 2.34. The minimum Gasteiger partial charge on any atom is -0.393 e. The van der Waals surface area contributed by atoms with Crippen molar-refractivity contribution in [2.75, 3.05) is 6.61 Å². The molecule has 1 aliphatic rings.